The molecule has 10 heteroatoms. The fourth-order valence-corrected chi connectivity index (χ4v) is 4.11. The number of aliphatic hydroxyl groups is 1. The second-order valence-electron chi connectivity index (χ2n) is 8.12. The van der Waals surface area contributed by atoms with Gasteiger partial charge in [-0.05, 0) is 43.2 Å². The number of para-hydroxylation sites is 1. The monoisotopic (exact) mass is 515 g/mol. The summed E-state index contributed by atoms with van der Waals surface area (Å²) in [6.07, 6.45) is 0.522. The van der Waals surface area contributed by atoms with Gasteiger partial charge in [-0.2, -0.15) is 0 Å². The number of carboxylic acids is 1. The molecule has 1 aliphatic heterocycles. The molecule has 1 saturated heterocycles. The average molecular weight is 516 g/mol. The van der Waals surface area contributed by atoms with Crippen LogP contribution in [0.25, 0.3) is 5.76 Å². The lowest BCUT2D eigenvalue weighted by molar-refractivity contribution is -0.140. The zero-order valence-corrected chi connectivity index (χ0v) is 21.9. The lowest BCUT2D eigenvalue weighted by atomic mass is 9.93. The molecule has 3 rings (SSSR count). The van der Waals surface area contributed by atoms with Crippen molar-refractivity contribution in [2.24, 2.45) is 0 Å². The molecule has 1 unspecified atom stereocenters. The number of rotatable bonds is 9. The van der Waals surface area contributed by atoms with Crippen molar-refractivity contribution in [3.63, 3.8) is 0 Å². The van der Waals surface area contributed by atoms with E-state index in [9.17, 15) is 14.7 Å². The van der Waals surface area contributed by atoms with Gasteiger partial charge in [-0.25, -0.2) is 0 Å². The van der Waals surface area contributed by atoms with Crippen LogP contribution in [-0.2, 0) is 19.1 Å². The molecule has 0 saturated carbocycles. The topological polar surface area (TPSA) is 132 Å². The Bertz CT molecular complexity index is 1170. The molecular weight excluding hydrogens is 482 g/mol. The minimum atomic E-state index is -0.853. The molecule has 2 aromatic carbocycles. The van der Waals surface area contributed by atoms with Crippen LogP contribution in [0.3, 0.4) is 0 Å². The molecule has 1 atom stereocenters. The first-order valence-electron chi connectivity index (χ1n) is 11.5. The Morgan fingerprint density at radius 3 is 2.22 bits per heavy atom. The summed E-state index contributed by atoms with van der Waals surface area (Å²) in [5, 5.41) is 18.7. The number of carboxylic acid groups (broad SMARTS) is 1. The number of carbonyl (C=O) groups excluding carboxylic acids is 2. The molecule has 10 nitrogen and oxygen atoms in total. The Hall–Kier alpha value is -4.05. The minimum absolute atomic E-state index is 0.00256. The number of likely N-dealkylation sites (tertiary alicyclic amines) is 1. The van der Waals surface area contributed by atoms with Crippen LogP contribution >= 0.6 is 0 Å². The molecule has 0 aromatic heterocycles. The number of amides is 1. The van der Waals surface area contributed by atoms with Crippen LogP contribution < -0.4 is 14.2 Å². The smallest absolute Gasteiger partial charge is 0.300 e. The number of hydrogen-bond acceptors (Lipinski definition) is 8. The maximum absolute atomic E-state index is 13.2. The van der Waals surface area contributed by atoms with E-state index in [1.165, 1.54) is 19.1 Å². The first-order valence-corrected chi connectivity index (χ1v) is 11.5. The van der Waals surface area contributed by atoms with E-state index in [4.69, 9.17) is 28.8 Å². The number of aryl methyl sites for hydroxylation is 1. The molecule has 1 heterocycles. The molecule has 1 amide bonds. The number of benzene rings is 2. The van der Waals surface area contributed by atoms with Crippen molar-refractivity contribution in [2.45, 2.75) is 26.3 Å². The third kappa shape index (κ3) is 6.59. The molecule has 0 aliphatic carbocycles. The van der Waals surface area contributed by atoms with Crippen LogP contribution in [0, 0.1) is 6.92 Å². The molecule has 2 aromatic rings. The highest BCUT2D eigenvalue weighted by atomic mass is 16.5. The number of nitrogens with zero attached hydrogens (tertiary/aromatic N) is 1. The highest BCUT2D eigenvalue weighted by Gasteiger charge is 2.47. The minimum Gasteiger partial charge on any atom is -0.507 e. The highest BCUT2D eigenvalue weighted by Crippen LogP contribution is 2.45. The largest absolute Gasteiger partial charge is 0.507 e. The van der Waals surface area contributed by atoms with Crippen molar-refractivity contribution in [3.8, 4) is 17.2 Å². The summed E-state index contributed by atoms with van der Waals surface area (Å²) in [6, 6.07) is 9.51. The molecular formula is C27H33NO9. The second kappa shape index (κ2) is 13.3. The summed E-state index contributed by atoms with van der Waals surface area (Å²) < 4.78 is 21.4. The van der Waals surface area contributed by atoms with Gasteiger partial charge in [0.15, 0.2) is 11.5 Å². The van der Waals surface area contributed by atoms with Gasteiger partial charge in [0.2, 0.25) is 0 Å². The molecule has 200 valence electrons. The molecule has 1 aliphatic rings. The van der Waals surface area contributed by atoms with Crippen molar-refractivity contribution in [2.75, 3.05) is 41.6 Å². The number of ketones is 1. The molecule has 37 heavy (non-hydrogen) atoms. The predicted octanol–water partition coefficient (Wildman–Crippen LogP) is 3.57. The second-order valence-corrected chi connectivity index (χ2v) is 8.12. The lowest BCUT2D eigenvalue weighted by Crippen LogP contribution is -2.31. The third-order valence-corrected chi connectivity index (χ3v) is 5.70. The van der Waals surface area contributed by atoms with Crippen LogP contribution in [0.2, 0.25) is 0 Å². The molecule has 0 spiro atoms. The fourth-order valence-electron chi connectivity index (χ4n) is 4.11. The maximum atomic E-state index is 13.2. The van der Waals surface area contributed by atoms with Crippen LogP contribution in [0.5, 0.6) is 17.2 Å². The van der Waals surface area contributed by atoms with Crippen molar-refractivity contribution in [1.29, 1.82) is 0 Å². The summed E-state index contributed by atoms with van der Waals surface area (Å²) in [5.41, 5.74) is 1.68. The summed E-state index contributed by atoms with van der Waals surface area (Å²) in [4.78, 5) is 36.7. The van der Waals surface area contributed by atoms with Crippen molar-refractivity contribution < 1.29 is 43.5 Å². The van der Waals surface area contributed by atoms with E-state index < -0.39 is 23.7 Å². The van der Waals surface area contributed by atoms with E-state index in [1.807, 2.05) is 0 Å². The SMILES string of the molecule is CC(=O)O.COCCCN1C(=O)C(=O)/C(=C(/O)c2ccc(OC)cc2C)C1c1cccc(OC)c1OC. The number of aliphatic hydroxyl groups excluding tert-OH is 1. The fraction of sp³-hybridized carbons (Fsp3) is 0.370. The summed E-state index contributed by atoms with van der Waals surface area (Å²) >= 11 is 0. The van der Waals surface area contributed by atoms with Crippen molar-refractivity contribution >= 4 is 23.4 Å². The number of ether oxygens (including phenoxy) is 4. The van der Waals surface area contributed by atoms with E-state index in [0.29, 0.717) is 47.0 Å². The molecule has 2 N–H and O–H groups in total. The van der Waals surface area contributed by atoms with Gasteiger partial charge in [0.1, 0.15) is 11.5 Å². The van der Waals surface area contributed by atoms with E-state index in [1.54, 1.807) is 57.5 Å². The number of methoxy groups -OCH3 is 4. The average Bonchev–Trinajstić information content (AvgIpc) is 3.12. The van der Waals surface area contributed by atoms with E-state index in [2.05, 4.69) is 0 Å². The Kier molecular flexibility index (Phi) is 10.5. The Labute approximate surface area is 216 Å². The summed E-state index contributed by atoms with van der Waals surface area (Å²) in [7, 11) is 6.13. The van der Waals surface area contributed by atoms with Gasteiger partial charge >= 0.3 is 0 Å². The zero-order valence-electron chi connectivity index (χ0n) is 21.9. The van der Waals surface area contributed by atoms with Gasteiger partial charge in [-0.1, -0.05) is 12.1 Å². The highest BCUT2D eigenvalue weighted by molar-refractivity contribution is 6.46. The first kappa shape index (κ1) is 29.2. The quantitative estimate of drug-likeness (QED) is 0.223. The molecule has 1 fully saturated rings. The summed E-state index contributed by atoms with van der Waals surface area (Å²) in [6.45, 7) is 3.57. The summed E-state index contributed by atoms with van der Waals surface area (Å²) in [5.74, 6) is -1.06. The Balaban J connectivity index is 0.00000112. The first-order chi connectivity index (χ1) is 17.6. The lowest BCUT2D eigenvalue weighted by Gasteiger charge is -2.27. The Morgan fingerprint density at radius 2 is 1.68 bits per heavy atom. The molecule has 0 radical (unpaired) electrons. The Morgan fingerprint density at radius 1 is 1.00 bits per heavy atom. The van der Waals surface area contributed by atoms with Gasteiger partial charge in [0.25, 0.3) is 17.7 Å². The van der Waals surface area contributed by atoms with Crippen LogP contribution in [-0.4, -0.2) is 74.4 Å². The van der Waals surface area contributed by atoms with Crippen LogP contribution in [0.1, 0.15) is 36.1 Å². The maximum Gasteiger partial charge on any atom is 0.300 e. The standard InChI is InChI=1S/C25H29NO7.C2H4O2/c1-15-14-16(31-3)10-11-17(15)22(27)20-21(18-8-6-9-19(32-4)24(18)33-5)26(12-7-13-30-2)25(29)23(20)28;1-2(3)4/h6,8-11,14,21,27H,7,12-13H2,1-5H3;1H3,(H,3,4)/b22-20+;. The van der Waals surface area contributed by atoms with E-state index in [0.717, 1.165) is 6.92 Å². The molecule has 0 bridgehead atoms. The van der Waals surface area contributed by atoms with E-state index in [-0.39, 0.29) is 17.9 Å². The number of aliphatic carboxylic acids is 1. The van der Waals surface area contributed by atoms with Gasteiger partial charge < -0.3 is 34.1 Å². The normalized spacial score (nSPS) is 16.2. The number of hydrogen-bond donors (Lipinski definition) is 2. The third-order valence-electron chi connectivity index (χ3n) is 5.70. The van der Waals surface area contributed by atoms with Gasteiger partial charge in [0, 0.05) is 38.3 Å². The van der Waals surface area contributed by atoms with Gasteiger partial charge in [-0.15, -0.1) is 0 Å². The van der Waals surface area contributed by atoms with E-state index >= 15 is 0 Å². The van der Waals surface area contributed by atoms with Crippen molar-refractivity contribution in [1.82, 2.24) is 4.90 Å². The predicted molar refractivity (Wildman–Crippen MR) is 136 cm³/mol. The van der Waals surface area contributed by atoms with Gasteiger partial charge in [-0.3, -0.25) is 14.4 Å². The van der Waals surface area contributed by atoms with Crippen LogP contribution in [0.4, 0.5) is 0 Å². The van der Waals surface area contributed by atoms with Gasteiger partial charge in [0.05, 0.1) is 32.9 Å². The number of carbonyl (C=O) groups is 3. The zero-order chi connectivity index (χ0) is 27.7. The number of Topliss-reactive ketones (excluding diaryl/α,β-unsaturated/α-hetero) is 1. The van der Waals surface area contributed by atoms with Crippen LogP contribution in [0.15, 0.2) is 42.0 Å². The van der Waals surface area contributed by atoms with Crippen molar-refractivity contribution in [3.05, 3.63) is 58.7 Å².